The zero-order valence-corrected chi connectivity index (χ0v) is 12.1. The molecular weight excluding hydrogens is 287 g/mol. The van der Waals surface area contributed by atoms with Gasteiger partial charge in [-0.05, 0) is 23.6 Å². The normalized spacial score (nSPS) is 13.1. The first kappa shape index (κ1) is 14.0. The minimum atomic E-state index is -0.298. The van der Waals surface area contributed by atoms with Crippen LogP contribution in [0.2, 0.25) is 5.02 Å². The summed E-state index contributed by atoms with van der Waals surface area (Å²) in [6, 6.07) is 5.80. The molecule has 0 aromatic heterocycles. The first-order chi connectivity index (χ1) is 7.58. The highest BCUT2D eigenvalue weighted by Gasteiger charge is 2.17. The zero-order valence-electron chi connectivity index (χ0n) is 9.71. The molecule has 3 heteroatoms. The summed E-state index contributed by atoms with van der Waals surface area (Å²) in [7, 11) is 0. The standard InChI is InChI=1S/C13H18BrClO/c1-3-9(4-2)13(16)7-10-5-6-11(14)8-12(10)15/h5-6,8-9,13,16H,3-4,7H2,1-2H3. The lowest BCUT2D eigenvalue weighted by atomic mass is 9.92. The van der Waals surface area contributed by atoms with Gasteiger partial charge < -0.3 is 5.11 Å². The van der Waals surface area contributed by atoms with Gasteiger partial charge in [-0.1, -0.05) is 60.3 Å². The van der Waals surface area contributed by atoms with Crippen molar-refractivity contribution < 1.29 is 5.11 Å². The minimum absolute atomic E-state index is 0.298. The molecule has 0 aliphatic heterocycles. The predicted octanol–water partition coefficient (Wildman–Crippen LogP) is 4.44. The quantitative estimate of drug-likeness (QED) is 0.852. The second kappa shape index (κ2) is 6.63. The van der Waals surface area contributed by atoms with Gasteiger partial charge in [-0.15, -0.1) is 0 Å². The van der Waals surface area contributed by atoms with Crippen molar-refractivity contribution in [3.05, 3.63) is 33.3 Å². The second-order valence-electron chi connectivity index (χ2n) is 4.08. The Hall–Kier alpha value is -0.0500. The highest BCUT2D eigenvalue weighted by Crippen LogP contribution is 2.25. The summed E-state index contributed by atoms with van der Waals surface area (Å²) in [4.78, 5) is 0. The van der Waals surface area contributed by atoms with Gasteiger partial charge in [0.2, 0.25) is 0 Å². The lowest BCUT2D eigenvalue weighted by molar-refractivity contribution is 0.103. The number of hydrogen-bond donors (Lipinski definition) is 1. The molecule has 1 rings (SSSR count). The van der Waals surface area contributed by atoms with Gasteiger partial charge in [0.05, 0.1) is 6.10 Å². The summed E-state index contributed by atoms with van der Waals surface area (Å²) in [6.07, 6.45) is 2.35. The monoisotopic (exact) mass is 304 g/mol. The van der Waals surface area contributed by atoms with E-state index in [0.29, 0.717) is 12.3 Å². The number of benzene rings is 1. The van der Waals surface area contributed by atoms with Crippen LogP contribution in [0.15, 0.2) is 22.7 Å². The molecule has 0 spiro atoms. The Labute approximate surface area is 111 Å². The molecule has 0 saturated heterocycles. The molecule has 0 bridgehead atoms. The number of halogens is 2. The minimum Gasteiger partial charge on any atom is -0.392 e. The van der Waals surface area contributed by atoms with Crippen molar-refractivity contribution in [1.29, 1.82) is 0 Å². The van der Waals surface area contributed by atoms with Gasteiger partial charge in [0.1, 0.15) is 0 Å². The third kappa shape index (κ3) is 3.76. The van der Waals surface area contributed by atoms with E-state index in [1.54, 1.807) is 0 Å². The Morgan fingerprint density at radius 3 is 2.44 bits per heavy atom. The molecule has 1 atom stereocenters. The molecule has 1 aromatic carbocycles. The van der Waals surface area contributed by atoms with Crippen molar-refractivity contribution in [3.8, 4) is 0 Å². The highest BCUT2D eigenvalue weighted by molar-refractivity contribution is 9.10. The maximum atomic E-state index is 10.1. The molecule has 1 N–H and O–H groups in total. The Kier molecular flexibility index (Phi) is 5.81. The van der Waals surface area contributed by atoms with Gasteiger partial charge in [-0.2, -0.15) is 0 Å². The maximum absolute atomic E-state index is 10.1. The van der Waals surface area contributed by atoms with Crippen LogP contribution in [0.4, 0.5) is 0 Å². The molecule has 0 aliphatic carbocycles. The SMILES string of the molecule is CCC(CC)C(O)Cc1ccc(Br)cc1Cl. The van der Waals surface area contributed by atoms with Crippen LogP contribution in [-0.2, 0) is 6.42 Å². The van der Waals surface area contributed by atoms with Crippen LogP contribution in [0.3, 0.4) is 0 Å². The maximum Gasteiger partial charge on any atom is 0.0609 e. The van der Waals surface area contributed by atoms with Crippen LogP contribution >= 0.6 is 27.5 Å². The van der Waals surface area contributed by atoms with E-state index < -0.39 is 0 Å². The van der Waals surface area contributed by atoms with Gasteiger partial charge in [0.25, 0.3) is 0 Å². The highest BCUT2D eigenvalue weighted by atomic mass is 79.9. The fourth-order valence-corrected chi connectivity index (χ4v) is 2.66. The Morgan fingerprint density at radius 1 is 1.31 bits per heavy atom. The van der Waals surface area contributed by atoms with Crippen molar-refractivity contribution >= 4 is 27.5 Å². The zero-order chi connectivity index (χ0) is 12.1. The van der Waals surface area contributed by atoms with Crippen LogP contribution in [0.5, 0.6) is 0 Å². The summed E-state index contributed by atoms with van der Waals surface area (Å²) in [5.74, 6) is 0.361. The van der Waals surface area contributed by atoms with E-state index in [0.717, 1.165) is 27.9 Å². The third-order valence-electron chi connectivity index (χ3n) is 3.04. The molecule has 0 fully saturated rings. The number of rotatable bonds is 5. The fourth-order valence-electron chi connectivity index (χ4n) is 1.91. The fraction of sp³-hybridized carbons (Fsp3) is 0.538. The van der Waals surface area contributed by atoms with Crippen molar-refractivity contribution in [2.75, 3.05) is 0 Å². The molecule has 1 unspecified atom stereocenters. The molecule has 0 saturated carbocycles. The lowest BCUT2D eigenvalue weighted by Crippen LogP contribution is -2.21. The van der Waals surface area contributed by atoms with Gasteiger partial charge in [0.15, 0.2) is 0 Å². The van der Waals surface area contributed by atoms with E-state index >= 15 is 0 Å². The Morgan fingerprint density at radius 2 is 1.94 bits per heavy atom. The largest absolute Gasteiger partial charge is 0.392 e. The van der Waals surface area contributed by atoms with Gasteiger partial charge in [-0.25, -0.2) is 0 Å². The lowest BCUT2D eigenvalue weighted by Gasteiger charge is -2.20. The van der Waals surface area contributed by atoms with Crippen molar-refractivity contribution in [2.24, 2.45) is 5.92 Å². The Balaban J connectivity index is 2.72. The van der Waals surface area contributed by atoms with Crippen molar-refractivity contribution in [1.82, 2.24) is 0 Å². The van der Waals surface area contributed by atoms with E-state index in [-0.39, 0.29) is 6.10 Å². The van der Waals surface area contributed by atoms with Crippen LogP contribution < -0.4 is 0 Å². The molecule has 0 radical (unpaired) electrons. The summed E-state index contributed by atoms with van der Waals surface area (Å²) in [6.45, 7) is 4.22. The van der Waals surface area contributed by atoms with Crippen LogP contribution in [0.1, 0.15) is 32.3 Å². The van der Waals surface area contributed by atoms with Crippen LogP contribution in [0.25, 0.3) is 0 Å². The summed E-state index contributed by atoms with van der Waals surface area (Å²) in [5.41, 5.74) is 1.02. The smallest absolute Gasteiger partial charge is 0.0609 e. The summed E-state index contributed by atoms with van der Waals surface area (Å²) in [5, 5.41) is 10.8. The average Bonchev–Trinajstić information content (AvgIpc) is 2.24. The van der Waals surface area contributed by atoms with E-state index in [1.165, 1.54) is 0 Å². The van der Waals surface area contributed by atoms with Gasteiger partial charge in [-0.3, -0.25) is 0 Å². The van der Waals surface area contributed by atoms with Gasteiger partial charge >= 0.3 is 0 Å². The molecule has 0 amide bonds. The molecule has 0 aliphatic rings. The summed E-state index contributed by atoms with van der Waals surface area (Å²) >= 11 is 9.50. The first-order valence-electron chi connectivity index (χ1n) is 5.70. The molecule has 1 aromatic rings. The Bertz CT molecular complexity index is 337. The van der Waals surface area contributed by atoms with E-state index in [4.69, 9.17) is 11.6 Å². The van der Waals surface area contributed by atoms with Crippen LogP contribution in [-0.4, -0.2) is 11.2 Å². The number of hydrogen-bond acceptors (Lipinski definition) is 1. The van der Waals surface area contributed by atoms with E-state index in [2.05, 4.69) is 29.8 Å². The molecular formula is C13H18BrClO. The van der Waals surface area contributed by atoms with Crippen molar-refractivity contribution in [2.45, 2.75) is 39.2 Å². The van der Waals surface area contributed by atoms with Gasteiger partial charge in [0, 0.05) is 15.9 Å². The topological polar surface area (TPSA) is 20.2 Å². The first-order valence-corrected chi connectivity index (χ1v) is 6.87. The van der Waals surface area contributed by atoms with E-state index in [1.807, 2.05) is 18.2 Å². The molecule has 90 valence electrons. The second-order valence-corrected chi connectivity index (χ2v) is 5.41. The predicted molar refractivity (Wildman–Crippen MR) is 72.9 cm³/mol. The van der Waals surface area contributed by atoms with Crippen LogP contribution in [0, 0.1) is 5.92 Å². The van der Waals surface area contributed by atoms with Crippen molar-refractivity contribution in [3.63, 3.8) is 0 Å². The molecule has 1 nitrogen and oxygen atoms in total. The number of aliphatic hydroxyl groups excluding tert-OH is 1. The number of aliphatic hydroxyl groups is 1. The average molecular weight is 306 g/mol. The molecule has 16 heavy (non-hydrogen) atoms. The third-order valence-corrected chi connectivity index (χ3v) is 3.88. The summed E-state index contributed by atoms with van der Waals surface area (Å²) < 4.78 is 0.971. The van der Waals surface area contributed by atoms with E-state index in [9.17, 15) is 5.11 Å². The molecule has 0 heterocycles.